The smallest absolute Gasteiger partial charge is 0.338 e. The summed E-state index contributed by atoms with van der Waals surface area (Å²) in [6, 6.07) is 5.10. The second-order valence-corrected chi connectivity index (χ2v) is 6.55. The first kappa shape index (κ1) is 18.7. The largest absolute Gasteiger partial charge is 0.478 e. The molecule has 0 bridgehead atoms. The lowest BCUT2D eigenvalue weighted by Gasteiger charge is -2.17. The molecule has 29 heavy (non-hydrogen) atoms. The van der Waals surface area contributed by atoms with Gasteiger partial charge in [0.25, 0.3) is 11.5 Å². The van der Waals surface area contributed by atoms with E-state index in [4.69, 9.17) is 16.7 Å². The summed E-state index contributed by atoms with van der Waals surface area (Å²) in [7, 11) is 0. The average molecular weight is 421 g/mol. The van der Waals surface area contributed by atoms with E-state index in [9.17, 15) is 18.4 Å². The van der Waals surface area contributed by atoms with Gasteiger partial charge in [-0.2, -0.15) is 19.0 Å². The van der Waals surface area contributed by atoms with Crippen LogP contribution >= 0.6 is 11.6 Å². The quantitative estimate of drug-likeness (QED) is 0.512. The van der Waals surface area contributed by atoms with Crippen molar-refractivity contribution in [1.29, 1.82) is 0 Å². The van der Waals surface area contributed by atoms with E-state index < -0.39 is 24.0 Å². The van der Waals surface area contributed by atoms with Crippen LogP contribution in [0.4, 0.5) is 8.78 Å². The molecule has 9 nitrogen and oxygen atoms in total. The van der Waals surface area contributed by atoms with Crippen LogP contribution in [-0.4, -0.2) is 40.6 Å². The van der Waals surface area contributed by atoms with Crippen LogP contribution in [0.15, 0.2) is 47.7 Å². The highest BCUT2D eigenvalue weighted by Gasteiger charge is 2.33. The molecule has 0 unspecified atom stereocenters. The third-order valence-electron chi connectivity index (χ3n) is 4.15. The lowest BCUT2D eigenvalue weighted by atomic mass is 10.1. The Morgan fingerprint density at radius 1 is 1.21 bits per heavy atom. The minimum absolute atomic E-state index is 0.0584. The van der Waals surface area contributed by atoms with E-state index in [0.717, 1.165) is 21.8 Å². The molecule has 3 aromatic heterocycles. The third-order valence-corrected chi connectivity index (χ3v) is 4.40. The van der Waals surface area contributed by atoms with Crippen LogP contribution in [0.3, 0.4) is 0 Å². The summed E-state index contributed by atoms with van der Waals surface area (Å²) in [5.74, 6) is -4.58. The molecule has 1 aromatic carbocycles. The first-order valence-electron chi connectivity index (χ1n) is 8.12. The van der Waals surface area contributed by atoms with Crippen molar-refractivity contribution in [3.8, 4) is 5.95 Å². The van der Waals surface area contributed by atoms with Gasteiger partial charge in [-0.15, -0.1) is 0 Å². The number of aromatic carboxylic acids is 1. The molecule has 0 saturated heterocycles. The first-order valence-corrected chi connectivity index (χ1v) is 8.50. The molecule has 0 amide bonds. The summed E-state index contributed by atoms with van der Waals surface area (Å²) < 4.78 is 31.2. The third kappa shape index (κ3) is 3.47. The van der Waals surface area contributed by atoms with Crippen molar-refractivity contribution in [2.75, 3.05) is 0 Å². The highest BCUT2D eigenvalue weighted by Crippen LogP contribution is 2.31. The predicted molar refractivity (Wildman–Crippen MR) is 97.6 cm³/mol. The lowest BCUT2D eigenvalue weighted by molar-refractivity contribution is -0.0242. The number of alkyl halides is 2. The maximum absolute atomic E-state index is 14.6. The normalized spacial score (nSPS) is 11.8. The number of carboxylic acid groups (broad SMARTS) is 1. The van der Waals surface area contributed by atoms with Crippen molar-refractivity contribution < 1.29 is 18.7 Å². The zero-order valence-corrected chi connectivity index (χ0v) is 15.1. The fourth-order valence-electron chi connectivity index (χ4n) is 2.74. The molecule has 0 aliphatic carbocycles. The van der Waals surface area contributed by atoms with E-state index in [-0.39, 0.29) is 28.1 Å². The minimum Gasteiger partial charge on any atom is -0.478 e. The van der Waals surface area contributed by atoms with E-state index in [0.29, 0.717) is 5.02 Å². The van der Waals surface area contributed by atoms with Gasteiger partial charge in [0, 0.05) is 16.8 Å². The lowest BCUT2D eigenvalue weighted by Crippen LogP contribution is -2.24. The number of carboxylic acids is 1. The van der Waals surface area contributed by atoms with E-state index in [1.165, 1.54) is 30.5 Å². The molecule has 0 saturated carbocycles. The summed E-state index contributed by atoms with van der Waals surface area (Å²) in [5, 5.41) is 17.0. The molecular weight excluding hydrogens is 410 g/mol. The topological polar surface area (TPSA) is 119 Å². The molecule has 12 heteroatoms. The van der Waals surface area contributed by atoms with E-state index in [1.807, 2.05) is 0 Å². The van der Waals surface area contributed by atoms with Gasteiger partial charge in [0.1, 0.15) is 12.1 Å². The Balaban J connectivity index is 1.71. The van der Waals surface area contributed by atoms with E-state index >= 15 is 0 Å². The highest BCUT2D eigenvalue weighted by molar-refractivity contribution is 6.30. The van der Waals surface area contributed by atoms with Gasteiger partial charge in [-0.05, 0) is 12.1 Å². The number of rotatable bonds is 5. The molecule has 0 fully saturated rings. The van der Waals surface area contributed by atoms with Gasteiger partial charge in [0.05, 0.1) is 18.0 Å². The van der Waals surface area contributed by atoms with E-state index in [2.05, 4.69) is 20.2 Å². The number of hydrogen-bond acceptors (Lipinski definition) is 5. The molecule has 0 radical (unpaired) electrons. The highest BCUT2D eigenvalue weighted by atomic mass is 35.5. The molecule has 148 valence electrons. The number of hydrogen-bond donors (Lipinski definition) is 2. The maximum atomic E-state index is 14.6. The van der Waals surface area contributed by atoms with Crippen LogP contribution in [0.25, 0.3) is 17.0 Å². The molecule has 0 atom stereocenters. The number of nitrogens with one attached hydrogen (secondary N) is 1. The van der Waals surface area contributed by atoms with Gasteiger partial charge >= 0.3 is 5.97 Å². The Hall–Kier alpha value is -3.60. The van der Waals surface area contributed by atoms with Crippen LogP contribution < -0.4 is 5.56 Å². The number of aromatic nitrogens is 6. The fraction of sp³-hybridized carbons (Fsp3) is 0.118. The van der Waals surface area contributed by atoms with E-state index in [1.54, 1.807) is 0 Å². The number of nitrogens with zero attached hydrogens (tertiary/aromatic N) is 5. The Kier molecular flexibility index (Phi) is 4.38. The second-order valence-electron chi connectivity index (χ2n) is 6.12. The SMILES string of the molecule is O=C(O)c1cnn(-c2nc3cnn(CC(F)(F)c4ccc(Cl)cc4)c3c(=O)[nH]2)c1. The zero-order valence-electron chi connectivity index (χ0n) is 14.4. The summed E-state index contributed by atoms with van der Waals surface area (Å²) in [5.41, 5.74) is -1.19. The monoisotopic (exact) mass is 420 g/mol. The van der Waals surface area contributed by atoms with Gasteiger partial charge < -0.3 is 5.11 Å². The van der Waals surface area contributed by atoms with Gasteiger partial charge in [0.2, 0.25) is 5.95 Å². The molecular formula is C17H11ClF2N6O3. The molecule has 2 N–H and O–H groups in total. The van der Waals surface area contributed by atoms with Crippen LogP contribution in [0.5, 0.6) is 0 Å². The van der Waals surface area contributed by atoms with Crippen LogP contribution in [0.1, 0.15) is 15.9 Å². The van der Waals surface area contributed by atoms with Crippen LogP contribution in [-0.2, 0) is 12.5 Å². The molecule has 0 aliphatic heterocycles. The summed E-state index contributed by atoms with van der Waals surface area (Å²) >= 11 is 5.73. The fourth-order valence-corrected chi connectivity index (χ4v) is 2.87. The Morgan fingerprint density at radius 2 is 1.93 bits per heavy atom. The van der Waals surface area contributed by atoms with Crippen molar-refractivity contribution in [2.45, 2.75) is 12.5 Å². The average Bonchev–Trinajstić information content (AvgIpc) is 3.29. The standard InChI is InChI=1S/C17H11ClF2N6O3/c18-11-3-1-10(2-4-11)17(19,20)8-26-13-12(6-22-26)23-16(24-14(13)27)25-7-9(5-21-25)15(28)29/h1-7H,8H2,(H,28,29)(H,23,24,27). The van der Waals surface area contributed by atoms with Gasteiger partial charge in [0.15, 0.2) is 5.52 Å². The minimum atomic E-state index is -3.31. The molecule has 0 spiro atoms. The van der Waals surface area contributed by atoms with Crippen molar-refractivity contribution in [3.63, 3.8) is 0 Å². The van der Waals surface area contributed by atoms with Gasteiger partial charge in [-0.1, -0.05) is 23.7 Å². The summed E-state index contributed by atoms with van der Waals surface area (Å²) in [6.07, 6.45) is 3.42. The number of aromatic amines is 1. The molecule has 4 aromatic rings. The predicted octanol–water partition coefficient (Wildman–Crippen LogP) is 2.45. The number of carbonyl (C=O) groups is 1. The van der Waals surface area contributed by atoms with Crippen LogP contribution in [0.2, 0.25) is 5.02 Å². The number of H-pyrrole nitrogens is 1. The Bertz CT molecular complexity index is 1280. The summed E-state index contributed by atoms with van der Waals surface area (Å²) in [6.45, 7) is -0.882. The summed E-state index contributed by atoms with van der Waals surface area (Å²) in [4.78, 5) is 30.0. The van der Waals surface area contributed by atoms with Gasteiger partial charge in [-0.3, -0.25) is 14.5 Å². The number of halogens is 3. The second kappa shape index (κ2) is 6.78. The van der Waals surface area contributed by atoms with Crippen molar-refractivity contribution >= 4 is 28.6 Å². The van der Waals surface area contributed by atoms with Crippen LogP contribution in [0, 0.1) is 0 Å². The van der Waals surface area contributed by atoms with Gasteiger partial charge in [-0.25, -0.2) is 14.5 Å². The first-order chi connectivity index (χ1) is 13.7. The van der Waals surface area contributed by atoms with Crippen molar-refractivity contribution in [2.24, 2.45) is 0 Å². The Morgan fingerprint density at radius 3 is 2.59 bits per heavy atom. The number of benzene rings is 1. The molecule has 3 heterocycles. The molecule has 4 rings (SSSR count). The van der Waals surface area contributed by atoms with Crippen molar-refractivity contribution in [1.82, 2.24) is 29.5 Å². The Labute approximate surface area is 165 Å². The van der Waals surface area contributed by atoms with Crippen molar-refractivity contribution in [3.05, 3.63) is 69.4 Å². The zero-order chi connectivity index (χ0) is 20.8. The maximum Gasteiger partial charge on any atom is 0.338 e. The molecule has 0 aliphatic rings. The number of fused-ring (bicyclic) bond motifs is 1.